The monoisotopic (exact) mass is 669 g/mol. The molecule has 3 aromatic carbocycles. The molecule has 1 unspecified atom stereocenters. The molecule has 0 nitrogen and oxygen atoms in total. The van der Waals surface area contributed by atoms with Crippen molar-refractivity contribution >= 4 is 22.9 Å². The first-order chi connectivity index (χ1) is 20.6. The second-order valence-electron chi connectivity index (χ2n) is 15.4. The molecule has 224 valence electrons. The molecular formula is C42H47SiZr-. The molecule has 0 aliphatic heterocycles. The van der Waals surface area contributed by atoms with Crippen molar-refractivity contribution in [3.05, 3.63) is 153 Å². The van der Waals surface area contributed by atoms with Gasteiger partial charge in [-0.2, -0.15) is 0 Å². The van der Waals surface area contributed by atoms with Crippen LogP contribution in [0.5, 0.6) is 0 Å². The zero-order valence-corrected chi connectivity index (χ0v) is 31.6. The van der Waals surface area contributed by atoms with E-state index in [1.165, 1.54) is 71.3 Å². The van der Waals surface area contributed by atoms with Gasteiger partial charge in [-0.3, -0.25) is 0 Å². The summed E-state index contributed by atoms with van der Waals surface area (Å²) in [6.45, 7) is 21.8. The number of allylic oxidation sites excluding steroid dienone is 8. The van der Waals surface area contributed by atoms with Crippen LogP contribution in [0.4, 0.5) is 0 Å². The van der Waals surface area contributed by atoms with Gasteiger partial charge in [-0.05, 0) is 22.3 Å². The van der Waals surface area contributed by atoms with Crippen LogP contribution < -0.4 is 10.4 Å². The van der Waals surface area contributed by atoms with E-state index in [0.717, 1.165) is 6.42 Å². The molecule has 0 saturated heterocycles. The summed E-state index contributed by atoms with van der Waals surface area (Å²) >= 11 is 1.46. The molecule has 0 radical (unpaired) electrons. The van der Waals surface area contributed by atoms with Crippen LogP contribution in [0.25, 0.3) is 11.6 Å². The Labute approximate surface area is 282 Å². The maximum absolute atomic E-state index is 3.92. The van der Waals surface area contributed by atoms with E-state index < -0.39 is 8.07 Å². The van der Waals surface area contributed by atoms with Crippen molar-refractivity contribution < 1.29 is 24.2 Å². The summed E-state index contributed by atoms with van der Waals surface area (Å²) in [4.78, 5) is 0. The van der Waals surface area contributed by atoms with Gasteiger partial charge in [0.05, 0.1) is 8.07 Å². The maximum atomic E-state index is 3.92. The second-order valence-corrected chi connectivity index (χ2v) is 21.9. The van der Waals surface area contributed by atoms with Crippen LogP contribution in [0.15, 0.2) is 126 Å². The van der Waals surface area contributed by atoms with E-state index in [1.54, 1.807) is 5.57 Å². The van der Waals surface area contributed by atoms with Crippen LogP contribution >= 0.6 is 0 Å². The van der Waals surface area contributed by atoms with E-state index in [4.69, 9.17) is 0 Å². The molecule has 3 aliphatic rings. The van der Waals surface area contributed by atoms with Crippen LogP contribution in [0.2, 0.25) is 24.7 Å². The standard InChI is InChI=1S/C29H37Si.C13H10.Zr/c1-27(2,3)22-14-15-23-21(18-22)19-25-24(23)16-17-29(28(4,5)6,30(7,8)9)26(25)20-12-10-11-13-20;1-3-7-12(8-4-1)11-13-9-5-2-6-10-13;/h10-12,14-18H,13H2,1-9H3;1-10H;/q-1;;. The summed E-state index contributed by atoms with van der Waals surface area (Å²) in [5.41, 5.74) is 10.1. The molecule has 0 spiro atoms. The van der Waals surface area contributed by atoms with Crippen molar-refractivity contribution in [1.29, 1.82) is 0 Å². The average Bonchev–Trinajstić information content (AvgIpc) is 3.64. The molecule has 0 bridgehead atoms. The first kappa shape index (κ1) is 32.7. The summed E-state index contributed by atoms with van der Waals surface area (Å²) < 4.78 is 1.42. The minimum atomic E-state index is -1.64. The van der Waals surface area contributed by atoms with E-state index in [0.29, 0.717) is 0 Å². The first-order valence-corrected chi connectivity index (χ1v) is 20.7. The molecule has 0 fully saturated rings. The van der Waals surface area contributed by atoms with Gasteiger partial charge in [-0.25, -0.2) is 0 Å². The predicted octanol–water partition coefficient (Wildman–Crippen LogP) is 9.49. The minimum absolute atomic E-state index is 0.0680. The number of rotatable bonds is 4. The van der Waals surface area contributed by atoms with E-state index in [1.807, 2.05) is 0 Å². The topological polar surface area (TPSA) is 0 Å². The Morgan fingerprint density at radius 2 is 1.41 bits per heavy atom. The van der Waals surface area contributed by atoms with Gasteiger partial charge in [0.15, 0.2) is 0 Å². The molecule has 0 heterocycles. The Morgan fingerprint density at radius 1 is 0.818 bits per heavy atom. The Kier molecular flexibility index (Phi) is 9.12. The molecule has 3 aliphatic carbocycles. The summed E-state index contributed by atoms with van der Waals surface area (Å²) in [7, 11) is -1.64. The zero-order valence-electron chi connectivity index (χ0n) is 28.1. The van der Waals surface area contributed by atoms with Crippen LogP contribution in [0.1, 0.15) is 64.7 Å². The van der Waals surface area contributed by atoms with E-state index in [2.05, 4.69) is 177 Å². The summed E-state index contributed by atoms with van der Waals surface area (Å²) in [5.74, 6) is 0. The van der Waals surface area contributed by atoms with Gasteiger partial charge < -0.3 is 0 Å². The number of fused-ring (bicyclic) bond motifs is 2. The fourth-order valence-electron chi connectivity index (χ4n) is 7.34. The summed E-state index contributed by atoms with van der Waals surface area (Å²) in [5, 5.41) is 2.68. The van der Waals surface area contributed by atoms with E-state index in [9.17, 15) is 0 Å². The van der Waals surface area contributed by atoms with Crippen LogP contribution in [-0.2, 0) is 29.7 Å². The van der Waals surface area contributed by atoms with Crippen LogP contribution in [0.3, 0.4) is 0 Å². The third-order valence-electron chi connectivity index (χ3n) is 9.43. The average molecular weight is 671 g/mol. The van der Waals surface area contributed by atoms with Crippen LogP contribution in [-0.4, -0.2) is 11.3 Å². The van der Waals surface area contributed by atoms with Crippen molar-refractivity contribution in [3.63, 3.8) is 0 Å². The number of hydrogen-bond acceptors (Lipinski definition) is 0. The Hall–Kier alpha value is -2.67. The van der Waals surface area contributed by atoms with Crippen molar-refractivity contribution in [2.45, 2.75) is 78.1 Å². The zero-order chi connectivity index (χ0) is 31.9. The fraction of sp³-hybridized carbons (Fsp3) is 0.310. The van der Waals surface area contributed by atoms with Crippen molar-refractivity contribution in [1.82, 2.24) is 0 Å². The van der Waals surface area contributed by atoms with Gasteiger partial charge in [-0.1, -0.05) is 120 Å². The van der Waals surface area contributed by atoms with Gasteiger partial charge in [0.1, 0.15) is 0 Å². The van der Waals surface area contributed by atoms with Gasteiger partial charge in [0, 0.05) is 0 Å². The third-order valence-corrected chi connectivity index (χ3v) is 14.4. The summed E-state index contributed by atoms with van der Waals surface area (Å²) in [6, 6.07) is 28.1. The third kappa shape index (κ3) is 6.10. The fourth-order valence-corrected chi connectivity index (χ4v) is 12.0. The number of hydrogen-bond donors (Lipinski definition) is 0. The normalized spacial score (nSPS) is 19.1. The van der Waals surface area contributed by atoms with E-state index >= 15 is 0 Å². The van der Waals surface area contributed by atoms with Crippen molar-refractivity contribution in [2.24, 2.45) is 5.41 Å². The van der Waals surface area contributed by atoms with Gasteiger partial charge in [0.25, 0.3) is 0 Å². The quantitative estimate of drug-likeness (QED) is 0.192. The molecule has 0 aromatic heterocycles. The molecule has 0 N–H and O–H groups in total. The first-order valence-electron chi connectivity index (χ1n) is 15.9. The Morgan fingerprint density at radius 3 is 1.89 bits per heavy atom. The van der Waals surface area contributed by atoms with Gasteiger partial charge in [0.2, 0.25) is 0 Å². The molecule has 1 atom stereocenters. The molecule has 0 amide bonds. The molecule has 2 heteroatoms. The Balaban J connectivity index is 0.000000229. The SMILES string of the molecule is CC(C)(C)c1ccc2c(c1)=[C-]C1=C(C3=CC=CC3)C(C(C)(C)C)([Si](C)(C)C)C=CC=21.[Zr]=[C](c1ccccc1)c1ccccc1. The van der Waals surface area contributed by atoms with E-state index in [-0.39, 0.29) is 15.9 Å². The molecule has 0 saturated carbocycles. The molecule has 3 aromatic rings. The van der Waals surface area contributed by atoms with Crippen LogP contribution in [0, 0.1) is 5.41 Å². The van der Waals surface area contributed by atoms with Gasteiger partial charge in [-0.15, -0.1) is 33.7 Å². The Bertz CT molecular complexity index is 1750. The summed E-state index contributed by atoms with van der Waals surface area (Å²) in [6.07, 6.45) is 16.9. The van der Waals surface area contributed by atoms with Crippen molar-refractivity contribution in [3.8, 4) is 0 Å². The predicted molar refractivity (Wildman–Crippen MR) is 191 cm³/mol. The molecule has 6 rings (SSSR count). The number of benzene rings is 3. The molecule has 44 heavy (non-hydrogen) atoms. The van der Waals surface area contributed by atoms with Gasteiger partial charge >= 0.3 is 99.2 Å². The second kappa shape index (κ2) is 12.3. The molecular weight excluding hydrogens is 624 g/mol. The van der Waals surface area contributed by atoms with Crippen molar-refractivity contribution in [2.75, 3.05) is 0 Å².